The summed E-state index contributed by atoms with van der Waals surface area (Å²) in [5, 5.41) is 3.32. The highest BCUT2D eigenvalue weighted by Crippen LogP contribution is 1.91. The standard InChI is InChI=1S/C9H16N2/c1-2-3-4-7-11-8-5-10-6-9-11/h2-4,10H,1,5-9H2. The van der Waals surface area contributed by atoms with Crippen molar-refractivity contribution < 1.29 is 0 Å². The molecule has 2 nitrogen and oxygen atoms in total. The molecule has 2 heteroatoms. The zero-order valence-electron chi connectivity index (χ0n) is 6.92. The summed E-state index contributed by atoms with van der Waals surface area (Å²) >= 11 is 0. The second kappa shape index (κ2) is 5.10. The van der Waals surface area contributed by atoms with Gasteiger partial charge >= 0.3 is 0 Å². The van der Waals surface area contributed by atoms with Crippen LogP contribution in [0.4, 0.5) is 0 Å². The van der Waals surface area contributed by atoms with E-state index in [1.54, 1.807) is 0 Å². The summed E-state index contributed by atoms with van der Waals surface area (Å²) in [5.41, 5.74) is 0. The summed E-state index contributed by atoms with van der Waals surface area (Å²) < 4.78 is 0. The molecular weight excluding hydrogens is 136 g/mol. The van der Waals surface area contributed by atoms with Gasteiger partial charge in [-0.05, 0) is 0 Å². The third kappa shape index (κ3) is 3.35. The fraction of sp³-hybridized carbons (Fsp3) is 0.556. The van der Waals surface area contributed by atoms with Crippen molar-refractivity contribution in [1.29, 1.82) is 0 Å². The monoisotopic (exact) mass is 152 g/mol. The van der Waals surface area contributed by atoms with Crippen molar-refractivity contribution in [2.24, 2.45) is 0 Å². The average molecular weight is 152 g/mol. The van der Waals surface area contributed by atoms with Gasteiger partial charge in [0.25, 0.3) is 0 Å². The highest BCUT2D eigenvalue weighted by atomic mass is 15.2. The van der Waals surface area contributed by atoms with Crippen molar-refractivity contribution in [1.82, 2.24) is 10.2 Å². The molecule has 0 spiro atoms. The van der Waals surface area contributed by atoms with E-state index in [0.717, 1.165) is 19.6 Å². The summed E-state index contributed by atoms with van der Waals surface area (Å²) in [4.78, 5) is 2.43. The lowest BCUT2D eigenvalue weighted by molar-refractivity contribution is 0.265. The number of piperazine rings is 1. The van der Waals surface area contributed by atoms with Crippen molar-refractivity contribution in [2.45, 2.75) is 0 Å². The van der Waals surface area contributed by atoms with E-state index in [4.69, 9.17) is 0 Å². The van der Waals surface area contributed by atoms with E-state index in [-0.39, 0.29) is 0 Å². The first kappa shape index (κ1) is 8.50. The molecule has 0 radical (unpaired) electrons. The number of rotatable bonds is 3. The van der Waals surface area contributed by atoms with E-state index < -0.39 is 0 Å². The molecule has 0 aliphatic carbocycles. The van der Waals surface area contributed by atoms with Crippen LogP contribution in [0.2, 0.25) is 0 Å². The second-order valence-corrected chi connectivity index (χ2v) is 2.71. The van der Waals surface area contributed by atoms with E-state index >= 15 is 0 Å². The topological polar surface area (TPSA) is 15.3 Å². The van der Waals surface area contributed by atoms with Gasteiger partial charge in [0.1, 0.15) is 0 Å². The molecule has 11 heavy (non-hydrogen) atoms. The maximum Gasteiger partial charge on any atom is 0.0167 e. The van der Waals surface area contributed by atoms with Crippen LogP contribution < -0.4 is 5.32 Å². The zero-order chi connectivity index (χ0) is 7.94. The third-order valence-corrected chi connectivity index (χ3v) is 1.85. The fourth-order valence-corrected chi connectivity index (χ4v) is 1.20. The Labute approximate surface area is 68.6 Å². The highest BCUT2D eigenvalue weighted by Gasteiger charge is 2.05. The van der Waals surface area contributed by atoms with Crippen LogP contribution in [0, 0.1) is 0 Å². The Hall–Kier alpha value is -0.600. The fourth-order valence-electron chi connectivity index (χ4n) is 1.20. The van der Waals surface area contributed by atoms with Gasteiger partial charge < -0.3 is 5.32 Å². The van der Waals surface area contributed by atoms with Gasteiger partial charge in [-0.15, -0.1) is 0 Å². The Morgan fingerprint density at radius 1 is 1.36 bits per heavy atom. The van der Waals surface area contributed by atoms with E-state index in [9.17, 15) is 0 Å². The molecule has 62 valence electrons. The molecule has 1 rings (SSSR count). The van der Waals surface area contributed by atoms with Gasteiger partial charge in [0, 0.05) is 32.7 Å². The van der Waals surface area contributed by atoms with Crippen LogP contribution in [-0.2, 0) is 0 Å². The molecular formula is C9H16N2. The first-order chi connectivity index (χ1) is 5.43. The first-order valence-electron chi connectivity index (χ1n) is 4.14. The first-order valence-corrected chi connectivity index (χ1v) is 4.14. The summed E-state index contributed by atoms with van der Waals surface area (Å²) in [6.07, 6.45) is 5.97. The van der Waals surface area contributed by atoms with E-state index in [2.05, 4.69) is 22.9 Å². The van der Waals surface area contributed by atoms with Gasteiger partial charge in [-0.3, -0.25) is 4.90 Å². The van der Waals surface area contributed by atoms with Crippen molar-refractivity contribution >= 4 is 0 Å². The number of nitrogens with zero attached hydrogens (tertiary/aromatic N) is 1. The lowest BCUT2D eigenvalue weighted by atomic mass is 10.3. The molecule has 1 fully saturated rings. The second-order valence-electron chi connectivity index (χ2n) is 2.71. The molecule has 1 N–H and O–H groups in total. The van der Waals surface area contributed by atoms with Crippen molar-refractivity contribution in [2.75, 3.05) is 32.7 Å². The number of hydrogen-bond acceptors (Lipinski definition) is 2. The van der Waals surface area contributed by atoms with Gasteiger partial charge in [-0.1, -0.05) is 24.8 Å². The van der Waals surface area contributed by atoms with Crippen LogP contribution >= 0.6 is 0 Å². The van der Waals surface area contributed by atoms with Crippen LogP contribution in [0.25, 0.3) is 0 Å². The number of hydrogen-bond donors (Lipinski definition) is 1. The molecule has 0 amide bonds. The van der Waals surface area contributed by atoms with Crippen LogP contribution in [0.3, 0.4) is 0 Å². The smallest absolute Gasteiger partial charge is 0.0167 e. The molecule has 0 unspecified atom stereocenters. The zero-order valence-corrected chi connectivity index (χ0v) is 6.92. The lowest BCUT2D eigenvalue weighted by Crippen LogP contribution is -2.43. The van der Waals surface area contributed by atoms with Crippen LogP contribution in [0.5, 0.6) is 0 Å². The molecule has 1 aliphatic rings. The predicted octanol–water partition coefficient (Wildman–Crippen LogP) is 0.634. The molecule has 0 saturated carbocycles. The van der Waals surface area contributed by atoms with Crippen LogP contribution in [0.15, 0.2) is 24.8 Å². The Bertz CT molecular complexity index is 134. The molecule has 1 aliphatic heterocycles. The van der Waals surface area contributed by atoms with Gasteiger partial charge in [0.2, 0.25) is 0 Å². The summed E-state index contributed by atoms with van der Waals surface area (Å²) in [6.45, 7) is 9.28. The van der Waals surface area contributed by atoms with E-state index in [1.807, 2.05) is 12.2 Å². The third-order valence-electron chi connectivity index (χ3n) is 1.85. The number of nitrogens with one attached hydrogen (secondary N) is 1. The van der Waals surface area contributed by atoms with Crippen molar-refractivity contribution in [3.05, 3.63) is 24.8 Å². The minimum absolute atomic E-state index is 1.06. The largest absolute Gasteiger partial charge is 0.314 e. The van der Waals surface area contributed by atoms with E-state index in [1.165, 1.54) is 13.1 Å². The van der Waals surface area contributed by atoms with E-state index in [0.29, 0.717) is 0 Å². The van der Waals surface area contributed by atoms with Crippen LogP contribution in [0.1, 0.15) is 0 Å². The van der Waals surface area contributed by atoms with Gasteiger partial charge in [-0.2, -0.15) is 0 Å². The molecule has 0 atom stereocenters. The SMILES string of the molecule is C=CC=CCN1CCNCC1. The molecule has 1 saturated heterocycles. The van der Waals surface area contributed by atoms with Gasteiger partial charge in [-0.25, -0.2) is 0 Å². The number of allylic oxidation sites excluding steroid dienone is 2. The lowest BCUT2D eigenvalue weighted by Gasteiger charge is -2.25. The van der Waals surface area contributed by atoms with Crippen LogP contribution in [-0.4, -0.2) is 37.6 Å². The maximum atomic E-state index is 3.63. The molecule has 1 heterocycles. The van der Waals surface area contributed by atoms with Gasteiger partial charge in [0.15, 0.2) is 0 Å². The Kier molecular flexibility index (Phi) is 3.94. The van der Waals surface area contributed by atoms with Crippen molar-refractivity contribution in [3.8, 4) is 0 Å². The Morgan fingerprint density at radius 3 is 2.73 bits per heavy atom. The Morgan fingerprint density at radius 2 is 2.09 bits per heavy atom. The highest BCUT2D eigenvalue weighted by molar-refractivity contribution is 4.98. The molecule has 0 aromatic rings. The summed E-state index contributed by atoms with van der Waals surface area (Å²) in [7, 11) is 0. The van der Waals surface area contributed by atoms with Crippen molar-refractivity contribution in [3.63, 3.8) is 0 Å². The summed E-state index contributed by atoms with van der Waals surface area (Å²) in [6, 6.07) is 0. The average Bonchev–Trinajstić information content (AvgIpc) is 2.07. The quantitative estimate of drug-likeness (QED) is 0.597. The molecule has 0 aromatic heterocycles. The molecule has 0 bridgehead atoms. The minimum atomic E-state index is 1.06. The maximum absolute atomic E-state index is 3.63. The predicted molar refractivity (Wildman–Crippen MR) is 48.6 cm³/mol. The molecule has 0 aromatic carbocycles. The normalized spacial score (nSPS) is 20.7. The summed E-state index contributed by atoms with van der Waals surface area (Å²) in [5.74, 6) is 0. The van der Waals surface area contributed by atoms with Gasteiger partial charge in [0.05, 0.1) is 0 Å². The minimum Gasteiger partial charge on any atom is -0.314 e. The Balaban J connectivity index is 2.14.